The van der Waals surface area contributed by atoms with Gasteiger partial charge >= 0.3 is 0 Å². The van der Waals surface area contributed by atoms with E-state index in [-0.39, 0.29) is 11.5 Å². The first kappa shape index (κ1) is 16.6. The molecule has 0 spiro atoms. The fourth-order valence-corrected chi connectivity index (χ4v) is 2.91. The maximum atomic E-state index is 13.7. The van der Waals surface area contributed by atoms with Gasteiger partial charge in [-0.2, -0.15) is 5.10 Å². The van der Waals surface area contributed by atoms with Gasteiger partial charge in [-0.05, 0) is 51.0 Å². The van der Waals surface area contributed by atoms with Crippen molar-refractivity contribution < 1.29 is 13.6 Å². The second kappa shape index (κ2) is 7.53. The average molecular weight is 334 g/mol. The highest BCUT2D eigenvalue weighted by Gasteiger charge is 2.13. The first-order valence-corrected chi connectivity index (χ1v) is 8.15. The molecule has 128 valence electrons. The number of likely N-dealkylation sites (tertiary alicyclic amines) is 1. The van der Waals surface area contributed by atoms with E-state index in [1.165, 1.54) is 31.0 Å². The smallest absolute Gasteiger partial charge is 0.225 e. The van der Waals surface area contributed by atoms with Crippen molar-refractivity contribution in [3.8, 4) is 11.3 Å². The number of aromatic amines is 1. The number of H-pyrrole nitrogens is 1. The third-order valence-electron chi connectivity index (χ3n) is 4.14. The molecule has 0 aliphatic carbocycles. The van der Waals surface area contributed by atoms with Gasteiger partial charge in [-0.15, -0.1) is 0 Å². The van der Waals surface area contributed by atoms with Crippen molar-refractivity contribution in [3.63, 3.8) is 0 Å². The zero-order valence-electron chi connectivity index (χ0n) is 13.3. The van der Waals surface area contributed by atoms with Gasteiger partial charge in [0.1, 0.15) is 11.6 Å². The Morgan fingerprint density at radius 2 is 2.04 bits per heavy atom. The van der Waals surface area contributed by atoms with Crippen LogP contribution < -0.4 is 5.32 Å². The second-order valence-corrected chi connectivity index (χ2v) is 5.99. The van der Waals surface area contributed by atoms with Gasteiger partial charge in [0.05, 0.1) is 5.69 Å². The number of nitrogens with zero attached hydrogens (tertiary/aromatic N) is 2. The molecule has 1 aliphatic heterocycles. The molecule has 3 rings (SSSR count). The standard InChI is InChI=1S/C17H20F2N4O/c18-12-5-6-13(14(19)10-12)15-11-16(22-21-15)20-17(24)4-3-9-23-7-1-2-8-23/h5-6,10-11H,1-4,7-9H2,(H2,20,21,22,24). The number of hydrogen-bond donors (Lipinski definition) is 2. The van der Waals surface area contributed by atoms with E-state index in [1.807, 2.05) is 0 Å². The lowest BCUT2D eigenvalue weighted by atomic mass is 10.1. The highest BCUT2D eigenvalue weighted by atomic mass is 19.1. The molecule has 24 heavy (non-hydrogen) atoms. The summed E-state index contributed by atoms with van der Waals surface area (Å²) >= 11 is 0. The van der Waals surface area contributed by atoms with E-state index < -0.39 is 11.6 Å². The number of rotatable bonds is 6. The molecule has 7 heteroatoms. The van der Waals surface area contributed by atoms with Crippen LogP contribution >= 0.6 is 0 Å². The van der Waals surface area contributed by atoms with Gasteiger partial charge in [-0.3, -0.25) is 9.89 Å². The van der Waals surface area contributed by atoms with Gasteiger partial charge in [0.15, 0.2) is 5.82 Å². The van der Waals surface area contributed by atoms with Crippen molar-refractivity contribution in [1.29, 1.82) is 0 Å². The van der Waals surface area contributed by atoms with Crippen molar-refractivity contribution in [3.05, 3.63) is 35.9 Å². The van der Waals surface area contributed by atoms with Crippen molar-refractivity contribution in [2.45, 2.75) is 25.7 Å². The largest absolute Gasteiger partial charge is 0.309 e. The minimum Gasteiger partial charge on any atom is -0.309 e. The van der Waals surface area contributed by atoms with Crippen LogP contribution in [0.4, 0.5) is 14.6 Å². The van der Waals surface area contributed by atoms with Gasteiger partial charge in [0.25, 0.3) is 0 Å². The molecule has 2 aromatic rings. The Labute approximate surface area is 139 Å². The molecule has 2 N–H and O–H groups in total. The van der Waals surface area contributed by atoms with E-state index in [9.17, 15) is 13.6 Å². The molecule has 0 radical (unpaired) electrons. The lowest BCUT2D eigenvalue weighted by molar-refractivity contribution is -0.116. The molecular weight excluding hydrogens is 314 g/mol. The molecule has 0 bridgehead atoms. The number of carbonyl (C=O) groups excluding carboxylic acids is 1. The molecule has 1 aliphatic rings. The summed E-state index contributed by atoms with van der Waals surface area (Å²) in [5.41, 5.74) is 0.596. The van der Waals surface area contributed by atoms with Gasteiger partial charge in [-0.1, -0.05) is 0 Å². The quantitative estimate of drug-likeness (QED) is 0.853. The topological polar surface area (TPSA) is 61.0 Å². The first-order valence-electron chi connectivity index (χ1n) is 8.15. The maximum absolute atomic E-state index is 13.7. The summed E-state index contributed by atoms with van der Waals surface area (Å²) in [6.07, 6.45) is 3.70. The third-order valence-corrected chi connectivity index (χ3v) is 4.14. The molecule has 0 atom stereocenters. The third kappa shape index (κ3) is 4.17. The first-order chi connectivity index (χ1) is 11.6. The van der Waals surface area contributed by atoms with Crippen LogP contribution in [0.25, 0.3) is 11.3 Å². The number of nitrogens with one attached hydrogen (secondary N) is 2. The average Bonchev–Trinajstić information content (AvgIpc) is 3.19. The van der Waals surface area contributed by atoms with Crippen molar-refractivity contribution in [2.24, 2.45) is 0 Å². The van der Waals surface area contributed by atoms with Crippen LogP contribution in [-0.4, -0.2) is 40.6 Å². The van der Waals surface area contributed by atoms with Crippen LogP contribution in [0.3, 0.4) is 0 Å². The fraction of sp³-hybridized carbons (Fsp3) is 0.412. The van der Waals surface area contributed by atoms with Gasteiger partial charge in [0, 0.05) is 24.1 Å². The van der Waals surface area contributed by atoms with E-state index in [0.717, 1.165) is 32.1 Å². The van der Waals surface area contributed by atoms with E-state index in [2.05, 4.69) is 20.4 Å². The van der Waals surface area contributed by atoms with Crippen LogP contribution in [0.15, 0.2) is 24.3 Å². The summed E-state index contributed by atoms with van der Waals surface area (Å²) in [5.74, 6) is -1.10. The summed E-state index contributed by atoms with van der Waals surface area (Å²) < 4.78 is 26.7. The Kier molecular flexibility index (Phi) is 5.20. The number of amides is 1. The maximum Gasteiger partial charge on any atom is 0.225 e. The van der Waals surface area contributed by atoms with Crippen LogP contribution in [-0.2, 0) is 4.79 Å². The summed E-state index contributed by atoms with van der Waals surface area (Å²) in [7, 11) is 0. The minimum absolute atomic E-state index is 0.119. The Balaban J connectivity index is 1.52. The summed E-state index contributed by atoms with van der Waals surface area (Å²) in [6, 6.07) is 4.86. The highest BCUT2D eigenvalue weighted by Crippen LogP contribution is 2.23. The zero-order valence-corrected chi connectivity index (χ0v) is 13.3. The Bertz CT molecular complexity index is 710. The van der Waals surface area contributed by atoms with Crippen molar-refractivity contribution >= 4 is 11.7 Å². The summed E-state index contributed by atoms with van der Waals surface area (Å²) in [5, 5.41) is 9.30. The Hall–Kier alpha value is -2.28. The monoisotopic (exact) mass is 334 g/mol. The van der Waals surface area contributed by atoms with Crippen molar-refractivity contribution in [2.75, 3.05) is 25.0 Å². The lowest BCUT2D eigenvalue weighted by Crippen LogP contribution is -2.22. The molecular formula is C17H20F2N4O. The van der Waals surface area contributed by atoms with E-state index in [0.29, 0.717) is 17.9 Å². The molecule has 5 nitrogen and oxygen atoms in total. The number of hydrogen-bond acceptors (Lipinski definition) is 3. The molecule has 0 unspecified atom stereocenters. The molecule has 1 aromatic carbocycles. The van der Waals surface area contributed by atoms with Gasteiger partial charge in [-0.25, -0.2) is 8.78 Å². The Morgan fingerprint density at radius 1 is 1.25 bits per heavy atom. The second-order valence-electron chi connectivity index (χ2n) is 5.99. The van der Waals surface area contributed by atoms with Gasteiger partial charge in [0.2, 0.25) is 5.91 Å². The predicted molar refractivity (Wildman–Crippen MR) is 87.5 cm³/mol. The van der Waals surface area contributed by atoms with Gasteiger partial charge < -0.3 is 10.2 Å². The zero-order chi connectivity index (χ0) is 16.9. The van der Waals surface area contributed by atoms with Crippen LogP contribution in [0.2, 0.25) is 0 Å². The fourth-order valence-electron chi connectivity index (χ4n) is 2.91. The number of halogens is 2. The number of anilines is 1. The molecule has 1 fully saturated rings. The number of benzene rings is 1. The van der Waals surface area contributed by atoms with E-state index in [4.69, 9.17) is 0 Å². The molecule has 2 heterocycles. The minimum atomic E-state index is -0.679. The highest BCUT2D eigenvalue weighted by molar-refractivity contribution is 5.90. The van der Waals surface area contributed by atoms with E-state index >= 15 is 0 Å². The number of aromatic nitrogens is 2. The number of carbonyl (C=O) groups is 1. The van der Waals surface area contributed by atoms with Crippen molar-refractivity contribution in [1.82, 2.24) is 15.1 Å². The molecule has 1 saturated heterocycles. The van der Waals surface area contributed by atoms with Crippen LogP contribution in [0, 0.1) is 11.6 Å². The normalized spacial score (nSPS) is 14.9. The lowest BCUT2D eigenvalue weighted by Gasteiger charge is -2.13. The predicted octanol–water partition coefficient (Wildman–Crippen LogP) is 3.17. The van der Waals surface area contributed by atoms with Crippen LogP contribution in [0.5, 0.6) is 0 Å². The molecule has 1 amide bonds. The SMILES string of the molecule is O=C(CCCN1CCCC1)Nc1cc(-c2ccc(F)cc2F)[nH]n1. The summed E-state index contributed by atoms with van der Waals surface area (Å²) in [4.78, 5) is 14.3. The summed E-state index contributed by atoms with van der Waals surface area (Å²) in [6.45, 7) is 3.17. The molecule has 1 aromatic heterocycles. The van der Waals surface area contributed by atoms with Crippen LogP contribution in [0.1, 0.15) is 25.7 Å². The Morgan fingerprint density at radius 3 is 2.79 bits per heavy atom. The molecule has 0 saturated carbocycles. The van der Waals surface area contributed by atoms with E-state index in [1.54, 1.807) is 0 Å².